The fraction of sp³-hybridized carbons (Fsp3) is 1.00. The van der Waals surface area contributed by atoms with Crippen LogP contribution in [0.1, 0.15) is 13.8 Å². The first kappa shape index (κ1) is 6.92. The van der Waals surface area contributed by atoms with Crippen LogP contribution in [0.3, 0.4) is 0 Å². The van der Waals surface area contributed by atoms with Crippen molar-refractivity contribution in [3.8, 4) is 0 Å². The van der Waals surface area contributed by atoms with Gasteiger partial charge in [0.1, 0.15) is 0 Å². The molecule has 0 spiro atoms. The van der Waals surface area contributed by atoms with E-state index in [1.165, 1.54) is 0 Å². The van der Waals surface area contributed by atoms with E-state index in [4.69, 9.17) is 0 Å². The van der Waals surface area contributed by atoms with Crippen LogP contribution < -0.4 is 5.43 Å². The van der Waals surface area contributed by atoms with E-state index in [1.54, 1.807) is 0 Å². The Morgan fingerprint density at radius 3 is 2.14 bits per heavy atom. The quantitative estimate of drug-likeness (QED) is 0.472. The first-order valence-corrected chi connectivity index (χ1v) is 2.69. The lowest BCUT2D eigenvalue weighted by Gasteiger charge is -2.09. The van der Waals surface area contributed by atoms with E-state index < -0.39 is 0 Å². The molecular formula is C5H13N2. The summed E-state index contributed by atoms with van der Waals surface area (Å²) in [7, 11) is 1.98. The van der Waals surface area contributed by atoms with Crippen molar-refractivity contribution in [1.82, 2.24) is 10.4 Å². The monoisotopic (exact) mass is 101 g/mol. The molecule has 0 bridgehead atoms. The fourth-order valence-corrected chi connectivity index (χ4v) is 0.341. The van der Waals surface area contributed by atoms with Gasteiger partial charge in [-0.05, 0) is 6.92 Å². The molecule has 0 aliphatic carbocycles. The molecule has 0 heterocycles. The second-order valence-electron chi connectivity index (χ2n) is 1.43. The molecule has 0 saturated heterocycles. The van der Waals surface area contributed by atoms with Crippen LogP contribution in [0, 0.1) is 0 Å². The molecule has 0 fully saturated rings. The third kappa shape index (κ3) is 3.76. The molecule has 7 heavy (non-hydrogen) atoms. The van der Waals surface area contributed by atoms with Gasteiger partial charge in [-0.1, -0.05) is 6.92 Å². The Morgan fingerprint density at radius 1 is 1.43 bits per heavy atom. The third-order valence-electron chi connectivity index (χ3n) is 0.840. The minimum Gasteiger partial charge on any atom is -0.230 e. The maximum absolute atomic E-state index is 4.08. The van der Waals surface area contributed by atoms with E-state index in [2.05, 4.69) is 12.3 Å². The predicted octanol–water partition coefficient (Wildman–Crippen LogP) is 0.477. The minimum atomic E-state index is 0.893. The van der Waals surface area contributed by atoms with Crippen molar-refractivity contribution in [2.45, 2.75) is 13.8 Å². The summed E-state index contributed by atoms with van der Waals surface area (Å²) in [6, 6.07) is 0. The van der Waals surface area contributed by atoms with Gasteiger partial charge in [0.05, 0.1) is 0 Å². The Morgan fingerprint density at radius 2 is 2.00 bits per heavy atom. The molecule has 0 amide bonds. The van der Waals surface area contributed by atoms with Crippen molar-refractivity contribution in [2.75, 3.05) is 20.1 Å². The molecule has 0 saturated carbocycles. The lowest BCUT2D eigenvalue weighted by atomic mass is 10.7. The molecule has 2 nitrogen and oxygen atoms in total. The Kier molecular flexibility index (Phi) is 4.04. The van der Waals surface area contributed by atoms with Gasteiger partial charge < -0.3 is 0 Å². The van der Waals surface area contributed by atoms with E-state index >= 15 is 0 Å². The molecule has 0 N–H and O–H groups in total. The largest absolute Gasteiger partial charge is 0.230 e. The van der Waals surface area contributed by atoms with Crippen molar-refractivity contribution in [3.63, 3.8) is 0 Å². The highest BCUT2D eigenvalue weighted by atomic mass is 15.5. The molecular weight excluding hydrogens is 88.1 g/mol. The molecule has 0 aliphatic rings. The maximum Gasteiger partial charge on any atom is 0.0278 e. The van der Waals surface area contributed by atoms with Gasteiger partial charge in [-0.15, -0.1) is 0 Å². The van der Waals surface area contributed by atoms with Gasteiger partial charge in [0.25, 0.3) is 0 Å². The minimum absolute atomic E-state index is 0.893. The topological polar surface area (TPSA) is 17.3 Å². The Bertz CT molecular complexity index is 37.1. The maximum atomic E-state index is 4.08. The van der Waals surface area contributed by atoms with E-state index in [0.29, 0.717) is 0 Å². The molecule has 0 aliphatic heterocycles. The molecule has 0 atom stereocenters. The fourth-order valence-electron chi connectivity index (χ4n) is 0.341. The summed E-state index contributed by atoms with van der Waals surface area (Å²) < 4.78 is 0. The van der Waals surface area contributed by atoms with Gasteiger partial charge >= 0.3 is 0 Å². The second kappa shape index (κ2) is 4.09. The molecule has 0 aromatic carbocycles. The summed E-state index contributed by atoms with van der Waals surface area (Å²) in [6.45, 7) is 6.02. The molecule has 43 valence electrons. The lowest BCUT2D eigenvalue weighted by Crippen LogP contribution is -2.26. The summed E-state index contributed by atoms with van der Waals surface area (Å²) in [4.78, 5) is 0. The van der Waals surface area contributed by atoms with Crippen molar-refractivity contribution in [1.29, 1.82) is 0 Å². The van der Waals surface area contributed by atoms with Gasteiger partial charge in [0.2, 0.25) is 0 Å². The average molecular weight is 101 g/mol. The van der Waals surface area contributed by atoms with Crippen LogP contribution in [-0.2, 0) is 0 Å². The number of hydrogen-bond acceptors (Lipinski definition) is 1. The number of rotatable bonds is 3. The first-order chi connectivity index (χ1) is 3.31. The zero-order valence-corrected chi connectivity index (χ0v) is 5.31. The normalized spacial score (nSPS) is 10.3. The smallest absolute Gasteiger partial charge is 0.0278 e. The average Bonchev–Trinajstić information content (AvgIpc) is 1.68. The van der Waals surface area contributed by atoms with E-state index in [9.17, 15) is 0 Å². The van der Waals surface area contributed by atoms with Crippen LogP contribution in [0.5, 0.6) is 0 Å². The summed E-state index contributed by atoms with van der Waals surface area (Å²) >= 11 is 0. The highest BCUT2D eigenvalue weighted by Gasteiger charge is 1.86. The molecule has 2 heteroatoms. The number of hydrogen-bond donors (Lipinski definition) is 0. The van der Waals surface area contributed by atoms with Gasteiger partial charge in [0.15, 0.2) is 0 Å². The van der Waals surface area contributed by atoms with Gasteiger partial charge in [-0.25, -0.2) is 5.01 Å². The molecule has 0 aromatic rings. The Balaban J connectivity index is 2.83. The van der Waals surface area contributed by atoms with Gasteiger partial charge in [0, 0.05) is 20.1 Å². The van der Waals surface area contributed by atoms with E-state index in [0.717, 1.165) is 13.1 Å². The lowest BCUT2D eigenvalue weighted by molar-refractivity contribution is 0.246. The molecule has 0 unspecified atom stereocenters. The molecule has 0 aromatic heterocycles. The molecule has 0 rings (SSSR count). The second-order valence-corrected chi connectivity index (χ2v) is 1.43. The summed E-state index contributed by atoms with van der Waals surface area (Å²) in [6.07, 6.45) is 0. The van der Waals surface area contributed by atoms with Crippen LogP contribution in [0.15, 0.2) is 0 Å². The van der Waals surface area contributed by atoms with Crippen LogP contribution in [0.2, 0.25) is 0 Å². The molecule has 1 radical (unpaired) electrons. The van der Waals surface area contributed by atoms with Gasteiger partial charge in [-0.2, -0.15) is 5.43 Å². The zero-order chi connectivity index (χ0) is 5.70. The summed E-state index contributed by atoms with van der Waals surface area (Å²) in [5.74, 6) is 0. The van der Waals surface area contributed by atoms with E-state index in [-0.39, 0.29) is 0 Å². The van der Waals surface area contributed by atoms with Crippen molar-refractivity contribution < 1.29 is 0 Å². The Hall–Kier alpha value is -0.0800. The standard InChI is InChI=1S/C5H13N2/c1-4-6-7(3)5-2/h4-5H2,1-3H3. The van der Waals surface area contributed by atoms with Crippen LogP contribution in [0.25, 0.3) is 0 Å². The first-order valence-electron chi connectivity index (χ1n) is 2.69. The van der Waals surface area contributed by atoms with Crippen molar-refractivity contribution >= 4 is 0 Å². The van der Waals surface area contributed by atoms with Crippen LogP contribution in [0.4, 0.5) is 0 Å². The number of nitrogens with zero attached hydrogens (tertiary/aromatic N) is 2. The van der Waals surface area contributed by atoms with Crippen molar-refractivity contribution in [3.05, 3.63) is 0 Å². The highest BCUT2D eigenvalue weighted by molar-refractivity contribution is 4.32. The zero-order valence-electron chi connectivity index (χ0n) is 5.31. The van der Waals surface area contributed by atoms with Gasteiger partial charge in [-0.3, -0.25) is 0 Å². The van der Waals surface area contributed by atoms with Crippen LogP contribution in [-0.4, -0.2) is 25.1 Å². The third-order valence-corrected chi connectivity index (χ3v) is 0.840. The van der Waals surface area contributed by atoms with E-state index in [1.807, 2.05) is 19.0 Å². The highest BCUT2D eigenvalue weighted by Crippen LogP contribution is 1.71. The predicted molar refractivity (Wildman–Crippen MR) is 31.0 cm³/mol. The van der Waals surface area contributed by atoms with Crippen LogP contribution >= 0.6 is 0 Å². The Labute approximate surface area is 45.5 Å². The van der Waals surface area contributed by atoms with Crippen molar-refractivity contribution in [2.24, 2.45) is 0 Å². The summed E-state index contributed by atoms with van der Waals surface area (Å²) in [5.41, 5.74) is 4.08. The SMILES string of the molecule is CC[N]N(C)CC. The summed E-state index contributed by atoms with van der Waals surface area (Å²) in [5, 5.41) is 1.93.